The van der Waals surface area contributed by atoms with Crippen molar-refractivity contribution in [3.63, 3.8) is 0 Å². The smallest absolute Gasteiger partial charge is 0.312 e. The van der Waals surface area contributed by atoms with Gasteiger partial charge in [-0.05, 0) is 25.0 Å². The second kappa shape index (κ2) is 3.45. The molecule has 1 aliphatic carbocycles. The van der Waals surface area contributed by atoms with Crippen LogP contribution in [0.5, 0.6) is 0 Å². The van der Waals surface area contributed by atoms with Crippen molar-refractivity contribution in [2.24, 2.45) is 0 Å². The number of fused-ring (bicyclic) bond motifs is 1. The number of thiazole rings is 1. The quantitative estimate of drug-likeness (QED) is 0.837. The molecule has 2 N–H and O–H groups in total. The summed E-state index contributed by atoms with van der Waals surface area (Å²) in [5.41, 5.74) is 1.73. The van der Waals surface area contributed by atoms with Gasteiger partial charge in [-0.3, -0.25) is 4.79 Å². The van der Waals surface area contributed by atoms with Crippen molar-refractivity contribution < 1.29 is 9.90 Å². The van der Waals surface area contributed by atoms with Crippen molar-refractivity contribution in [3.05, 3.63) is 28.9 Å². The predicted molar refractivity (Wildman–Crippen MR) is 60.6 cm³/mol. The molecule has 1 aliphatic rings. The van der Waals surface area contributed by atoms with E-state index in [1.165, 1.54) is 0 Å². The highest BCUT2D eigenvalue weighted by Crippen LogP contribution is 2.39. The maximum absolute atomic E-state index is 11.0. The first-order chi connectivity index (χ1) is 7.75. The van der Waals surface area contributed by atoms with Crippen LogP contribution in [0.4, 0.5) is 0 Å². The van der Waals surface area contributed by atoms with Crippen molar-refractivity contribution in [1.82, 2.24) is 9.97 Å². The number of nitrogens with zero attached hydrogens (tertiary/aromatic N) is 1. The minimum Gasteiger partial charge on any atom is -0.481 e. The Morgan fingerprint density at radius 3 is 3.19 bits per heavy atom. The zero-order chi connectivity index (χ0) is 11.1. The van der Waals surface area contributed by atoms with E-state index in [0.717, 1.165) is 27.7 Å². The molecule has 0 bridgehead atoms. The average molecular weight is 234 g/mol. The fraction of sp³-hybridized carbons (Fsp3) is 0.273. The number of aliphatic carboxylic acids is 1. The van der Waals surface area contributed by atoms with E-state index in [-0.39, 0.29) is 0 Å². The highest BCUT2D eigenvalue weighted by atomic mass is 32.1. The van der Waals surface area contributed by atoms with Gasteiger partial charge in [-0.25, -0.2) is 4.98 Å². The standard InChI is InChI=1S/C11H10N2O2S/c14-11(15)6-3-4-8-9(6)13-10(16-8)7-2-1-5-12-7/h1-2,5-6,12H,3-4H2,(H,14,15). The summed E-state index contributed by atoms with van der Waals surface area (Å²) in [6.07, 6.45) is 3.37. The number of nitrogens with one attached hydrogen (secondary N) is 1. The van der Waals surface area contributed by atoms with Crippen LogP contribution in [0.1, 0.15) is 22.9 Å². The van der Waals surface area contributed by atoms with Crippen molar-refractivity contribution in [1.29, 1.82) is 0 Å². The minimum atomic E-state index is -0.762. The molecule has 0 aliphatic heterocycles. The fourth-order valence-corrected chi connectivity index (χ4v) is 3.17. The number of hydrogen-bond acceptors (Lipinski definition) is 3. The molecule has 4 nitrogen and oxygen atoms in total. The summed E-state index contributed by atoms with van der Waals surface area (Å²) in [5.74, 6) is -1.17. The number of hydrogen-bond donors (Lipinski definition) is 2. The molecule has 0 radical (unpaired) electrons. The van der Waals surface area contributed by atoms with Crippen molar-refractivity contribution in [3.8, 4) is 10.7 Å². The summed E-state index contributed by atoms with van der Waals surface area (Å²) in [6.45, 7) is 0. The van der Waals surface area contributed by atoms with Crippen LogP contribution in [-0.2, 0) is 11.2 Å². The molecule has 2 heterocycles. The number of carbonyl (C=O) groups is 1. The van der Waals surface area contributed by atoms with Crippen LogP contribution in [0.15, 0.2) is 18.3 Å². The largest absolute Gasteiger partial charge is 0.481 e. The van der Waals surface area contributed by atoms with Crippen LogP contribution in [0.3, 0.4) is 0 Å². The SMILES string of the molecule is O=C(O)C1CCc2sc(-c3ccc[nH]3)nc21. The van der Waals surface area contributed by atoms with E-state index >= 15 is 0 Å². The van der Waals surface area contributed by atoms with Crippen LogP contribution in [0, 0.1) is 0 Å². The molecule has 0 saturated heterocycles. The number of aryl methyl sites for hydroxylation is 1. The van der Waals surface area contributed by atoms with E-state index in [2.05, 4.69) is 9.97 Å². The third-order valence-corrected chi connectivity index (χ3v) is 4.01. The zero-order valence-corrected chi connectivity index (χ0v) is 9.25. The number of carboxylic acids is 1. The van der Waals surface area contributed by atoms with Crippen LogP contribution < -0.4 is 0 Å². The third-order valence-electron chi connectivity index (χ3n) is 2.84. The number of rotatable bonds is 2. The molecule has 3 rings (SSSR count). The van der Waals surface area contributed by atoms with Crippen molar-refractivity contribution in [2.75, 3.05) is 0 Å². The summed E-state index contributed by atoms with van der Waals surface area (Å²) in [7, 11) is 0. The van der Waals surface area contributed by atoms with Crippen LogP contribution in [-0.4, -0.2) is 21.0 Å². The molecule has 5 heteroatoms. The Morgan fingerprint density at radius 1 is 1.62 bits per heavy atom. The van der Waals surface area contributed by atoms with Gasteiger partial charge in [0.25, 0.3) is 0 Å². The van der Waals surface area contributed by atoms with Gasteiger partial charge < -0.3 is 10.1 Å². The van der Waals surface area contributed by atoms with Gasteiger partial charge in [0.2, 0.25) is 0 Å². The van der Waals surface area contributed by atoms with Gasteiger partial charge in [-0.1, -0.05) is 0 Å². The molecule has 1 atom stereocenters. The van der Waals surface area contributed by atoms with E-state index in [9.17, 15) is 4.79 Å². The Hall–Kier alpha value is -1.62. The lowest BCUT2D eigenvalue weighted by Crippen LogP contribution is -2.08. The lowest BCUT2D eigenvalue weighted by molar-refractivity contribution is -0.138. The normalized spacial score (nSPS) is 18.6. The maximum Gasteiger partial charge on any atom is 0.312 e. The number of carboxylic acid groups (broad SMARTS) is 1. The van der Waals surface area contributed by atoms with Gasteiger partial charge in [-0.2, -0.15) is 0 Å². The molecular formula is C11H10N2O2S. The first kappa shape index (κ1) is 9.59. The fourth-order valence-electron chi connectivity index (χ4n) is 2.05. The summed E-state index contributed by atoms with van der Waals surface area (Å²) >= 11 is 1.60. The monoisotopic (exact) mass is 234 g/mol. The molecule has 2 aromatic heterocycles. The second-order valence-corrected chi connectivity index (χ2v) is 4.92. The van der Waals surface area contributed by atoms with Gasteiger partial charge in [0.15, 0.2) is 0 Å². The highest BCUT2D eigenvalue weighted by Gasteiger charge is 2.32. The van der Waals surface area contributed by atoms with Crippen molar-refractivity contribution in [2.45, 2.75) is 18.8 Å². The van der Waals surface area contributed by atoms with Crippen LogP contribution >= 0.6 is 11.3 Å². The summed E-state index contributed by atoms with van der Waals surface area (Å²) in [4.78, 5) is 19.7. The molecule has 82 valence electrons. The number of aromatic amines is 1. The topological polar surface area (TPSA) is 66.0 Å². The Bertz CT molecular complexity index is 530. The lowest BCUT2D eigenvalue weighted by atomic mass is 10.1. The van der Waals surface area contributed by atoms with E-state index < -0.39 is 11.9 Å². The zero-order valence-electron chi connectivity index (χ0n) is 8.43. The minimum absolute atomic E-state index is 0.407. The van der Waals surface area contributed by atoms with E-state index in [1.807, 2.05) is 18.3 Å². The van der Waals surface area contributed by atoms with Crippen LogP contribution in [0.2, 0.25) is 0 Å². The second-order valence-electron chi connectivity index (χ2n) is 3.84. The first-order valence-corrected chi connectivity index (χ1v) is 5.93. The molecule has 0 aromatic carbocycles. The van der Waals surface area contributed by atoms with E-state index in [0.29, 0.717) is 6.42 Å². The number of aromatic nitrogens is 2. The molecular weight excluding hydrogens is 224 g/mol. The first-order valence-electron chi connectivity index (χ1n) is 5.12. The summed E-state index contributed by atoms with van der Waals surface area (Å²) in [5, 5.41) is 9.95. The van der Waals surface area contributed by atoms with Gasteiger partial charge >= 0.3 is 5.97 Å². The Labute approximate surface area is 96.0 Å². The van der Waals surface area contributed by atoms with E-state index in [4.69, 9.17) is 5.11 Å². The average Bonchev–Trinajstić information content (AvgIpc) is 2.92. The molecule has 2 aromatic rings. The van der Waals surface area contributed by atoms with Gasteiger partial charge in [0.1, 0.15) is 10.9 Å². The van der Waals surface area contributed by atoms with Crippen LogP contribution in [0.25, 0.3) is 10.7 Å². The highest BCUT2D eigenvalue weighted by molar-refractivity contribution is 7.15. The lowest BCUT2D eigenvalue weighted by Gasteiger charge is -2.00. The summed E-state index contributed by atoms with van der Waals surface area (Å²) in [6, 6.07) is 3.86. The molecule has 1 unspecified atom stereocenters. The molecule has 0 fully saturated rings. The molecule has 0 amide bonds. The Morgan fingerprint density at radius 2 is 2.50 bits per heavy atom. The van der Waals surface area contributed by atoms with Gasteiger partial charge in [0.05, 0.1) is 11.4 Å². The van der Waals surface area contributed by atoms with E-state index in [1.54, 1.807) is 11.3 Å². The maximum atomic E-state index is 11.0. The summed E-state index contributed by atoms with van der Waals surface area (Å²) < 4.78 is 0. The number of H-pyrrole nitrogens is 1. The third kappa shape index (κ3) is 1.36. The van der Waals surface area contributed by atoms with Gasteiger partial charge in [0, 0.05) is 11.1 Å². The van der Waals surface area contributed by atoms with Crippen molar-refractivity contribution >= 4 is 17.3 Å². The Balaban J connectivity index is 2.02. The molecule has 0 saturated carbocycles. The molecule has 16 heavy (non-hydrogen) atoms. The molecule has 0 spiro atoms. The predicted octanol–water partition coefficient (Wildman–Crippen LogP) is 2.25. The van der Waals surface area contributed by atoms with Gasteiger partial charge in [-0.15, -0.1) is 11.3 Å². The Kier molecular flexibility index (Phi) is 2.07.